The largest absolute Gasteiger partial charge is 0.495 e. The molecule has 4 atom stereocenters. The number of fused-ring (bicyclic) bond motifs is 1. The standard InChI is InChI=1S/C19H20Br2N2O6/c1-28-15-5-3-2-4-14(15)22-16(24)9-29-17(25)8-23-18(26)10-6-12(20)13(21)7-11(10)19(23)27/h2-5,10-13H,6-9H2,1H3,(H,22,24)/t10-,11-,12-,13+/m1/s1. The highest BCUT2D eigenvalue weighted by molar-refractivity contribution is 9.12. The van der Waals surface area contributed by atoms with Gasteiger partial charge in [0.05, 0.1) is 24.6 Å². The Hall–Kier alpha value is -1.94. The number of likely N-dealkylation sites (tertiary alicyclic amines) is 1. The van der Waals surface area contributed by atoms with E-state index in [4.69, 9.17) is 9.47 Å². The van der Waals surface area contributed by atoms with E-state index in [1.807, 2.05) is 0 Å². The number of nitrogens with zero attached hydrogens (tertiary/aromatic N) is 1. The van der Waals surface area contributed by atoms with Crippen LogP contribution in [0.1, 0.15) is 12.8 Å². The number of amides is 3. The maximum absolute atomic E-state index is 12.6. The fraction of sp³-hybridized carbons (Fsp3) is 0.474. The van der Waals surface area contributed by atoms with Gasteiger partial charge in [-0.25, -0.2) is 0 Å². The van der Waals surface area contributed by atoms with Gasteiger partial charge in [-0.3, -0.25) is 24.1 Å². The summed E-state index contributed by atoms with van der Waals surface area (Å²) in [7, 11) is 1.47. The minimum atomic E-state index is -0.814. The lowest BCUT2D eigenvalue weighted by Gasteiger charge is -2.29. The molecule has 1 aliphatic carbocycles. The Morgan fingerprint density at radius 3 is 2.28 bits per heavy atom. The van der Waals surface area contributed by atoms with Gasteiger partial charge in [-0.15, -0.1) is 0 Å². The van der Waals surface area contributed by atoms with Crippen molar-refractivity contribution in [2.24, 2.45) is 11.8 Å². The molecular formula is C19H20Br2N2O6. The highest BCUT2D eigenvalue weighted by atomic mass is 79.9. The number of imide groups is 1. The summed E-state index contributed by atoms with van der Waals surface area (Å²) < 4.78 is 10.1. The van der Waals surface area contributed by atoms with Crippen LogP contribution in [0.4, 0.5) is 5.69 Å². The van der Waals surface area contributed by atoms with Crippen LogP contribution in [0, 0.1) is 11.8 Å². The van der Waals surface area contributed by atoms with Crippen molar-refractivity contribution >= 4 is 61.2 Å². The first-order valence-electron chi connectivity index (χ1n) is 9.03. The molecule has 3 amide bonds. The number of halogens is 2. The number of rotatable bonds is 6. The molecule has 0 aromatic heterocycles. The van der Waals surface area contributed by atoms with Gasteiger partial charge < -0.3 is 14.8 Å². The number of methoxy groups -OCH3 is 1. The van der Waals surface area contributed by atoms with E-state index in [1.54, 1.807) is 24.3 Å². The summed E-state index contributed by atoms with van der Waals surface area (Å²) in [5, 5.41) is 2.58. The maximum Gasteiger partial charge on any atom is 0.326 e. The van der Waals surface area contributed by atoms with Gasteiger partial charge in [0.1, 0.15) is 12.3 Å². The minimum Gasteiger partial charge on any atom is -0.495 e. The molecule has 1 aliphatic heterocycles. The van der Waals surface area contributed by atoms with Crippen LogP contribution in [0.25, 0.3) is 0 Å². The second kappa shape index (κ2) is 9.25. The van der Waals surface area contributed by atoms with E-state index >= 15 is 0 Å². The number of carbonyl (C=O) groups excluding carboxylic acids is 4. The summed E-state index contributed by atoms with van der Waals surface area (Å²) >= 11 is 7.03. The first-order valence-corrected chi connectivity index (χ1v) is 10.9. The van der Waals surface area contributed by atoms with Crippen molar-refractivity contribution in [3.05, 3.63) is 24.3 Å². The van der Waals surface area contributed by atoms with Crippen LogP contribution in [0.15, 0.2) is 24.3 Å². The van der Waals surface area contributed by atoms with E-state index in [9.17, 15) is 19.2 Å². The second-order valence-corrected chi connectivity index (χ2v) is 9.24. The van der Waals surface area contributed by atoms with Gasteiger partial charge in [0, 0.05) is 9.65 Å². The third-order valence-corrected chi connectivity index (χ3v) is 7.77. The Labute approximate surface area is 184 Å². The highest BCUT2D eigenvalue weighted by Crippen LogP contribution is 2.43. The smallest absolute Gasteiger partial charge is 0.326 e. The Balaban J connectivity index is 1.52. The van der Waals surface area contributed by atoms with Crippen LogP contribution in [-0.2, 0) is 23.9 Å². The number of alkyl halides is 2. The van der Waals surface area contributed by atoms with E-state index in [1.165, 1.54) is 7.11 Å². The predicted molar refractivity (Wildman–Crippen MR) is 111 cm³/mol. The molecule has 29 heavy (non-hydrogen) atoms. The number of esters is 1. The van der Waals surface area contributed by atoms with Crippen molar-refractivity contribution in [3.8, 4) is 5.75 Å². The van der Waals surface area contributed by atoms with Gasteiger partial charge in [0.15, 0.2) is 6.61 Å². The van der Waals surface area contributed by atoms with Crippen LogP contribution in [0.2, 0.25) is 0 Å². The molecule has 3 rings (SSSR count). The molecule has 8 nitrogen and oxygen atoms in total. The molecule has 1 heterocycles. The minimum absolute atomic E-state index is 0.0890. The van der Waals surface area contributed by atoms with E-state index in [-0.39, 0.29) is 21.5 Å². The summed E-state index contributed by atoms with van der Waals surface area (Å²) in [5.74, 6) is -2.48. The predicted octanol–water partition coefficient (Wildman–Crippen LogP) is 2.10. The molecule has 1 saturated heterocycles. The first-order chi connectivity index (χ1) is 13.8. The molecule has 1 N–H and O–H groups in total. The second-order valence-electron chi connectivity index (χ2n) is 6.89. The van der Waals surface area contributed by atoms with Crippen LogP contribution >= 0.6 is 31.9 Å². The van der Waals surface area contributed by atoms with Crippen LogP contribution in [0.5, 0.6) is 5.75 Å². The molecule has 1 aromatic rings. The number of ether oxygens (including phenoxy) is 2. The quantitative estimate of drug-likeness (QED) is 0.342. The number of carbonyl (C=O) groups is 4. The number of hydrogen-bond acceptors (Lipinski definition) is 6. The van der Waals surface area contributed by atoms with Gasteiger partial charge in [-0.1, -0.05) is 44.0 Å². The topological polar surface area (TPSA) is 102 Å². The Morgan fingerprint density at radius 1 is 1.10 bits per heavy atom. The molecule has 156 valence electrons. The summed E-state index contributed by atoms with van der Waals surface area (Å²) in [6.45, 7) is -1.03. The van der Waals surface area contributed by atoms with E-state index < -0.39 is 36.9 Å². The molecule has 0 unspecified atom stereocenters. The fourth-order valence-corrected chi connectivity index (χ4v) is 4.81. The zero-order valence-corrected chi connectivity index (χ0v) is 18.8. The van der Waals surface area contributed by atoms with Crippen molar-refractivity contribution in [1.82, 2.24) is 4.90 Å². The van der Waals surface area contributed by atoms with E-state index in [0.29, 0.717) is 24.3 Å². The molecule has 0 spiro atoms. The molecule has 1 saturated carbocycles. The zero-order chi connectivity index (χ0) is 21.1. The average molecular weight is 532 g/mol. The molecule has 1 aromatic carbocycles. The van der Waals surface area contributed by atoms with Crippen LogP contribution in [-0.4, -0.2) is 58.5 Å². The Morgan fingerprint density at radius 2 is 1.69 bits per heavy atom. The number of anilines is 1. The third kappa shape index (κ3) is 4.80. The molecule has 0 radical (unpaired) electrons. The lowest BCUT2D eigenvalue weighted by molar-refractivity contribution is -0.154. The lowest BCUT2D eigenvalue weighted by atomic mass is 9.81. The zero-order valence-electron chi connectivity index (χ0n) is 15.6. The van der Waals surface area contributed by atoms with Crippen molar-refractivity contribution in [2.45, 2.75) is 22.5 Å². The number of benzene rings is 1. The molecular weight excluding hydrogens is 512 g/mol. The Kier molecular flexibility index (Phi) is 6.94. The lowest BCUT2D eigenvalue weighted by Crippen LogP contribution is -2.37. The van der Waals surface area contributed by atoms with Crippen molar-refractivity contribution in [2.75, 3.05) is 25.6 Å². The van der Waals surface area contributed by atoms with Crippen LogP contribution in [0.3, 0.4) is 0 Å². The normalized spacial score (nSPS) is 26.1. The summed E-state index contributed by atoms with van der Waals surface area (Å²) in [4.78, 5) is 50.4. The summed E-state index contributed by atoms with van der Waals surface area (Å²) in [6, 6.07) is 6.81. The molecule has 10 heteroatoms. The van der Waals surface area contributed by atoms with Crippen molar-refractivity contribution < 1.29 is 28.7 Å². The van der Waals surface area contributed by atoms with Gasteiger partial charge in [-0.05, 0) is 25.0 Å². The van der Waals surface area contributed by atoms with Gasteiger partial charge in [-0.2, -0.15) is 0 Å². The monoisotopic (exact) mass is 530 g/mol. The van der Waals surface area contributed by atoms with Crippen molar-refractivity contribution in [3.63, 3.8) is 0 Å². The third-order valence-electron chi connectivity index (χ3n) is 5.04. The van der Waals surface area contributed by atoms with E-state index in [0.717, 1.165) is 4.90 Å². The molecule has 0 bridgehead atoms. The summed E-state index contributed by atoms with van der Waals surface area (Å²) in [5.41, 5.74) is 0.443. The SMILES string of the molecule is COc1ccccc1NC(=O)COC(=O)CN1C(=O)[C@@H]2C[C@@H](Br)[C@@H](Br)C[C@H]2C1=O. The fourth-order valence-electron chi connectivity index (χ4n) is 3.57. The number of hydrogen-bond donors (Lipinski definition) is 1. The van der Waals surface area contributed by atoms with Gasteiger partial charge >= 0.3 is 5.97 Å². The molecule has 2 fully saturated rings. The molecule has 2 aliphatic rings. The van der Waals surface area contributed by atoms with Gasteiger partial charge in [0.2, 0.25) is 11.8 Å². The van der Waals surface area contributed by atoms with Crippen LogP contribution < -0.4 is 10.1 Å². The average Bonchev–Trinajstić information content (AvgIpc) is 2.91. The number of nitrogens with one attached hydrogen (secondary N) is 1. The maximum atomic E-state index is 12.6. The highest BCUT2D eigenvalue weighted by Gasteiger charge is 2.52. The van der Waals surface area contributed by atoms with Gasteiger partial charge in [0.25, 0.3) is 5.91 Å². The Bertz CT molecular complexity index is 805. The number of para-hydroxylation sites is 2. The summed E-state index contributed by atoms with van der Waals surface area (Å²) in [6.07, 6.45) is 1.05. The first kappa shape index (κ1) is 21.8. The van der Waals surface area contributed by atoms with Crippen molar-refractivity contribution in [1.29, 1.82) is 0 Å². The van der Waals surface area contributed by atoms with E-state index in [2.05, 4.69) is 37.2 Å².